The number of hydrogen-bond acceptors (Lipinski definition) is 4. The number of rotatable bonds is 6. The van der Waals surface area contributed by atoms with E-state index in [-0.39, 0.29) is 31.4 Å². The van der Waals surface area contributed by atoms with Crippen LogP contribution in [0.25, 0.3) is 11.1 Å². The number of amides is 2. The van der Waals surface area contributed by atoms with Crippen molar-refractivity contribution in [1.29, 1.82) is 0 Å². The highest BCUT2D eigenvalue weighted by molar-refractivity contribution is 5.80. The number of hydrogen-bond donors (Lipinski definition) is 2. The summed E-state index contributed by atoms with van der Waals surface area (Å²) in [6.07, 6.45) is 0.814. The molecule has 2 aromatic rings. The lowest BCUT2D eigenvalue weighted by molar-refractivity contribution is -0.145. The summed E-state index contributed by atoms with van der Waals surface area (Å²) < 4.78 is 5.53. The lowest BCUT2D eigenvalue weighted by Crippen LogP contribution is -2.45. The zero-order valence-electron chi connectivity index (χ0n) is 18.1. The monoisotopic (exact) mass is 436 g/mol. The Morgan fingerprint density at radius 3 is 2.34 bits per heavy atom. The van der Waals surface area contributed by atoms with Crippen molar-refractivity contribution in [2.45, 2.75) is 38.1 Å². The average molecular weight is 437 g/mol. The molecule has 0 bridgehead atoms. The van der Waals surface area contributed by atoms with Crippen molar-refractivity contribution in [2.24, 2.45) is 5.92 Å². The van der Waals surface area contributed by atoms with Gasteiger partial charge in [-0.15, -0.1) is 0 Å². The Hall–Kier alpha value is -3.35. The normalized spacial score (nSPS) is 18.4. The maximum absolute atomic E-state index is 12.5. The van der Waals surface area contributed by atoms with Crippen molar-refractivity contribution in [3.8, 4) is 11.1 Å². The summed E-state index contributed by atoms with van der Waals surface area (Å²) in [7, 11) is 0. The quantitative estimate of drug-likeness (QED) is 0.721. The summed E-state index contributed by atoms with van der Waals surface area (Å²) in [5, 5.41) is 11.9. The molecule has 32 heavy (non-hydrogen) atoms. The third-order valence-electron chi connectivity index (χ3n) is 6.31. The molecule has 1 aliphatic heterocycles. The number of carboxylic acids is 1. The van der Waals surface area contributed by atoms with Gasteiger partial charge in [0.25, 0.3) is 0 Å². The van der Waals surface area contributed by atoms with E-state index in [2.05, 4.69) is 29.6 Å². The molecule has 2 amide bonds. The Kier molecular flexibility index (Phi) is 6.44. The van der Waals surface area contributed by atoms with E-state index in [4.69, 9.17) is 4.74 Å². The zero-order chi connectivity index (χ0) is 22.7. The second kappa shape index (κ2) is 9.42. The average Bonchev–Trinajstić information content (AvgIpc) is 3.11. The molecule has 0 saturated carbocycles. The first-order valence-corrected chi connectivity index (χ1v) is 11.1. The first kappa shape index (κ1) is 21.9. The van der Waals surface area contributed by atoms with Gasteiger partial charge in [0, 0.05) is 31.5 Å². The molecule has 1 saturated heterocycles. The van der Waals surface area contributed by atoms with E-state index in [1.807, 2.05) is 24.3 Å². The van der Waals surface area contributed by atoms with E-state index < -0.39 is 24.0 Å². The molecule has 0 spiro atoms. The molecule has 2 aliphatic rings. The van der Waals surface area contributed by atoms with Crippen LogP contribution in [0.15, 0.2) is 48.5 Å². The van der Waals surface area contributed by atoms with Gasteiger partial charge in [-0.25, -0.2) is 4.79 Å². The molecular weight excluding hydrogens is 408 g/mol. The predicted octanol–water partition coefficient (Wildman–Crippen LogP) is 3.63. The summed E-state index contributed by atoms with van der Waals surface area (Å²) in [6.45, 7) is 2.75. The fraction of sp³-hybridized carbons (Fsp3) is 0.400. The van der Waals surface area contributed by atoms with E-state index in [9.17, 15) is 19.5 Å². The largest absolute Gasteiger partial charge is 0.481 e. The minimum Gasteiger partial charge on any atom is -0.481 e. The van der Waals surface area contributed by atoms with Crippen molar-refractivity contribution < 1.29 is 24.2 Å². The Morgan fingerprint density at radius 2 is 1.72 bits per heavy atom. The molecule has 2 atom stereocenters. The highest BCUT2D eigenvalue weighted by Crippen LogP contribution is 2.44. The van der Waals surface area contributed by atoms with Gasteiger partial charge < -0.3 is 20.1 Å². The van der Waals surface area contributed by atoms with Gasteiger partial charge >= 0.3 is 12.1 Å². The van der Waals surface area contributed by atoms with Crippen molar-refractivity contribution in [3.63, 3.8) is 0 Å². The minimum absolute atomic E-state index is 0.0219. The van der Waals surface area contributed by atoms with Crippen molar-refractivity contribution in [2.75, 3.05) is 19.7 Å². The second-order valence-electron chi connectivity index (χ2n) is 8.59. The van der Waals surface area contributed by atoms with Gasteiger partial charge in [0.1, 0.15) is 6.61 Å². The Morgan fingerprint density at radius 1 is 1.09 bits per heavy atom. The van der Waals surface area contributed by atoms with Crippen LogP contribution in [-0.4, -0.2) is 53.7 Å². The lowest BCUT2D eigenvalue weighted by atomic mass is 9.98. The van der Waals surface area contributed by atoms with E-state index in [1.54, 1.807) is 11.8 Å². The molecule has 7 nitrogen and oxygen atoms in total. The van der Waals surface area contributed by atoms with Crippen LogP contribution in [0.5, 0.6) is 0 Å². The molecule has 1 fully saturated rings. The van der Waals surface area contributed by atoms with Gasteiger partial charge in [-0.1, -0.05) is 48.5 Å². The van der Waals surface area contributed by atoms with E-state index in [0.717, 1.165) is 22.3 Å². The number of carbonyl (C=O) groups is 3. The minimum atomic E-state index is -0.868. The summed E-state index contributed by atoms with van der Waals surface area (Å²) in [5.41, 5.74) is 4.61. The number of alkyl carbamates (subject to hydrolysis) is 1. The molecule has 1 heterocycles. The third-order valence-corrected chi connectivity index (χ3v) is 6.31. The molecule has 2 N–H and O–H groups in total. The maximum atomic E-state index is 12.5. The Bertz CT molecular complexity index is 975. The van der Waals surface area contributed by atoms with Gasteiger partial charge in [0.15, 0.2) is 0 Å². The number of carboxylic acid groups (broad SMARTS) is 1. The number of nitrogens with zero attached hydrogens (tertiary/aromatic N) is 1. The lowest BCUT2D eigenvalue weighted by Gasteiger charge is -2.31. The van der Waals surface area contributed by atoms with Crippen LogP contribution in [0, 0.1) is 5.92 Å². The summed E-state index contributed by atoms with van der Waals surface area (Å²) in [5.74, 6) is -1.56. The number of nitrogens with one attached hydrogen (secondary N) is 1. The molecule has 1 aliphatic carbocycles. The van der Waals surface area contributed by atoms with Gasteiger partial charge in [0.05, 0.1) is 5.92 Å². The Labute approximate surface area is 187 Å². The number of piperidine rings is 1. The highest BCUT2D eigenvalue weighted by atomic mass is 16.5. The van der Waals surface area contributed by atoms with Crippen LogP contribution in [0.3, 0.4) is 0 Å². The number of carbonyl (C=O) groups excluding carboxylic acids is 2. The zero-order valence-corrected chi connectivity index (χ0v) is 18.1. The van der Waals surface area contributed by atoms with Gasteiger partial charge in [-0.05, 0) is 42.0 Å². The predicted molar refractivity (Wildman–Crippen MR) is 119 cm³/mol. The molecule has 0 unspecified atom stereocenters. The summed E-state index contributed by atoms with van der Waals surface area (Å²) in [4.78, 5) is 37.7. The first-order chi connectivity index (χ1) is 15.4. The molecule has 0 radical (unpaired) electrons. The molecule has 168 valence electrons. The van der Waals surface area contributed by atoms with Crippen molar-refractivity contribution in [1.82, 2.24) is 10.2 Å². The van der Waals surface area contributed by atoms with Crippen LogP contribution >= 0.6 is 0 Å². The van der Waals surface area contributed by atoms with Crippen LogP contribution in [0.4, 0.5) is 4.79 Å². The van der Waals surface area contributed by atoms with Crippen LogP contribution in [0.2, 0.25) is 0 Å². The number of aliphatic carboxylic acids is 1. The highest BCUT2D eigenvalue weighted by Gasteiger charge is 2.30. The summed E-state index contributed by atoms with van der Waals surface area (Å²) >= 11 is 0. The standard InChI is InChI=1S/C25H28N2O5/c1-16(13-23(28)27-12-6-7-17(14-27)24(29)30)26-25(31)32-15-22-20-10-4-2-8-18(20)19-9-3-5-11-21(19)22/h2-5,8-11,16-17,22H,6-7,12-15H2,1H3,(H,26,31)(H,29,30)/t16-,17+/m1/s1. The number of benzene rings is 2. The van der Waals surface area contributed by atoms with E-state index >= 15 is 0 Å². The Balaban J connectivity index is 1.30. The van der Waals surface area contributed by atoms with Crippen LogP contribution < -0.4 is 5.32 Å². The van der Waals surface area contributed by atoms with Crippen molar-refractivity contribution >= 4 is 18.0 Å². The molecule has 2 aromatic carbocycles. The van der Waals surface area contributed by atoms with E-state index in [0.29, 0.717) is 19.4 Å². The molecule has 7 heteroatoms. The second-order valence-corrected chi connectivity index (χ2v) is 8.59. The number of ether oxygens (including phenoxy) is 1. The third kappa shape index (κ3) is 4.61. The smallest absolute Gasteiger partial charge is 0.407 e. The fourth-order valence-electron chi connectivity index (χ4n) is 4.69. The number of likely N-dealkylation sites (tertiary alicyclic amines) is 1. The number of fused-ring (bicyclic) bond motifs is 3. The van der Waals surface area contributed by atoms with Crippen LogP contribution in [-0.2, 0) is 14.3 Å². The van der Waals surface area contributed by atoms with Gasteiger partial charge in [0.2, 0.25) is 5.91 Å². The fourth-order valence-corrected chi connectivity index (χ4v) is 4.69. The van der Waals surface area contributed by atoms with Crippen molar-refractivity contribution in [3.05, 3.63) is 59.7 Å². The first-order valence-electron chi connectivity index (χ1n) is 11.1. The van der Waals surface area contributed by atoms with Gasteiger partial charge in [-0.2, -0.15) is 0 Å². The van der Waals surface area contributed by atoms with E-state index in [1.165, 1.54) is 0 Å². The van der Waals surface area contributed by atoms with Crippen LogP contribution in [0.1, 0.15) is 43.2 Å². The summed E-state index contributed by atoms with van der Waals surface area (Å²) in [6, 6.07) is 15.9. The topological polar surface area (TPSA) is 95.9 Å². The molecule has 0 aromatic heterocycles. The SMILES string of the molecule is C[C@H](CC(=O)N1CCC[C@H](C(=O)O)C1)NC(=O)OCC1c2ccccc2-c2ccccc21. The maximum Gasteiger partial charge on any atom is 0.407 e. The molecular formula is C25H28N2O5. The molecule has 4 rings (SSSR count). The van der Waals surface area contributed by atoms with Gasteiger partial charge in [-0.3, -0.25) is 9.59 Å².